The number of nitrogens with one attached hydrogen (secondary N) is 3. The molecule has 140 valence electrons. The van der Waals surface area contributed by atoms with E-state index in [9.17, 15) is 19.2 Å². The minimum atomic E-state index is -0.736. The normalized spacial score (nSPS) is 12.4. The zero-order chi connectivity index (χ0) is 18.9. The summed E-state index contributed by atoms with van der Waals surface area (Å²) in [5, 5.41) is 7.25. The van der Waals surface area contributed by atoms with E-state index in [2.05, 4.69) is 10.6 Å². The van der Waals surface area contributed by atoms with Crippen molar-refractivity contribution in [3.63, 3.8) is 0 Å². The van der Waals surface area contributed by atoms with Gasteiger partial charge in [-0.05, 0) is 36.6 Å². The van der Waals surface area contributed by atoms with Crippen LogP contribution in [-0.2, 0) is 25.5 Å². The fourth-order valence-electron chi connectivity index (χ4n) is 2.22. The van der Waals surface area contributed by atoms with E-state index in [-0.39, 0.29) is 12.5 Å². The molecule has 0 fully saturated rings. The predicted molar refractivity (Wildman–Crippen MR) is 91.7 cm³/mol. The van der Waals surface area contributed by atoms with E-state index < -0.39 is 24.5 Å². The molecule has 0 unspecified atom stereocenters. The summed E-state index contributed by atoms with van der Waals surface area (Å²) < 4.78 is 10.1. The van der Waals surface area contributed by atoms with E-state index in [0.29, 0.717) is 25.1 Å². The van der Waals surface area contributed by atoms with Gasteiger partial charge in [0.25, 0.3) is 5.91 Å². The predicted octanol–water partition coefficient (Wildman–Crippen LogP) is 0.729. The van der Waals surface area contributed by atoms with E-state index in [0.717, 1.165) is 17.7 Å². The smallest absolute Gasteiger partial charge is 0.344 e. The fourth-order valence-corrected chi connectivity index (χ4v) is 2.22. The molecule has 26 heavy (non-hydrogen) atoms. The third-order valence-corrected chi connectivity index (χ3v) is 3.48. The molecular formula is C17H21N3O6. The number of hydrogen-bond acceptors (Lipinski definition) is 6. The summed E-state index contributed by atoms with van der Waals surface area (Å²) in [5.74, 6) is -1.03. The molecule has 1 aliphatic rings. The topological polar surface area (TPSA) is 123 Å². The van der Waals surface area contributed by atoms with Crippen molar-refractivity contribution in [2.24, 2.45) is 0 Å². The monoisotopic (exact) mass is 363 g/mol. The molecule has 0 aromatic heterocycles. The van der Waals surface area contributed by atoms with Crippen molar-refractivity contribution < 1.29 is 28.7 Å². The summed E-state index contributed by atoms with van der Waals surface area (Å²) in [6.07, 6.45) is 1.74. The highest BCUT2D eigenvalue weighted by atomic mass is 16.6. The van der Waals surface area contributed by atoms with Crippen LogP contribution in [0.15, 0.2) is 18.2 Å². The second kappa shape index (κ2) is 9.40. The Hall–Kier alpha value is -3.10. The zero-order valence-electron chi connectivity index (χ0n) is 14.4. The van der Waals surface area contributed by atoms with Gasteiger partial charge in [0.2, 0.25) is 5.91 Å². The van der Waals surface area contributed by atoms with Crippen LogP contribution in [0.5, 0.6) is 5.75 Å². The molecule has 3 N–H and O–H groups in total. The van der Waals surface area contributed by atoms with Gasteiger partial charge in [-0.2, -0.15) is 0 Å². The Morgan fingerprint density at radius 3 is 2.77 bits per heavy atom. The summed E-state index contributed by atoms with van der Waals surface area (Å²) in [4.78, 5) is 45.7. The summed E-state index contributed by atoms with van der Waals surface area (Å²) in [6, 6.07) is 4.44. The van der Waals surface area contributed by atoms with Crippen LogP contribution in [0.4, 0.5) is 10.5 Å². The van der Waals surface area contributed by atoms with E-state index in [1.807, 2.05) is 12.2 Å². The largest absolute Gasteiger partial charge is 0.482 e. The molecule has 0 atom stereocenters. The first kappa shape index (κ1) is 19.2. The number of carbonyl (C=O) groups is 4. The van der Waals surface area contributed by atoms with Crippen LogP contribution in [0.25, 0.3) is 0 Å². The number of aryl methyl sites for hydroxylation is 1. The Morgan fingerprint density at radius 2 is 2.00 bits per heavy atom. The lowest BCUT2D eigenvalue weighted by atomic mass is 10.0. The molecule has 0 saturated carbocycles. The number of rotatable bonds is 7. The Kier molecular flexibility index (Phi) is 6.95. The maximum atomic E-state index is 11.6. The minimum absolute atomic E-state index is 0.0311. The Morgan fingerprint density at radius 1 is 1.19 bits per heavy atom. The molecule has 9 nitrogen and oxygen atoms in total. The van der Waals surface area contributed by atoms with Gasteiger partial charge in [-0.15, -0.1) is 0 Å². The fraction of sp³-hybridized carbons (Fsp3) is 0.412. The SMILES string of the molecule is CCCNC(=O)NC(=O)COC(=O)COc1ccc2c(c1)CCC(=O)N2. The standard InChI is InChI=1S/C17H21N3O6/c1-2-7-18-17(24)20-15(22)9-26-16(23)10-25-12-4-5-13-11(8-12)3-6-14(21)19-13/h4-5,8H,2-3,6-7,9-10H2,1H3,(H,19,21)(H2,18,20,22,24). The molecule has 9 heteroatoms. The lowest BCUT2D eigenvalue weighted by Gasteiger charge is -2.17. The van der Waals surface area contributed by atoms with E-state index in [1.54, 1.807) is 18.2 Å². The van der Waals surface area contributed by atoms with Crippen LogP contribution in [0, 0.1) is 0 Å². The second-order valence-electron chi connectivity index (χ2n) is 5.62. The third-order valence-electron chi connectivity index (χ3n) is 3.48. The average Bonchev–Trinajstić information content (AvgIpc) is 2.62. The van der Waals surface area contributed by atoms with E-state index >= 15 is 0 Å². The number of anilines is 1. The van der Waals surface area contributed by atoms with Gasteiger partial charge in [0, 0.05) is 18.7 Å². The molecule has 0 radical (unpaired) electrons. The number of esters is 1. The second-order valence-corrected chi connectivity index (χ2v) is 5.62. The van der Waals surface area contributed by atoms with Crippen molar-refractivity contribution in [1.82, 2.24) is 10.6 Å². The lowest BCUT2D eigenvalue weighted by Crippen LogP contribution is -2.41. The van der Waals surface area contributed by atoms with Crippen molar-refractivity contribution in [1.29, 1.82) is 0 Å². The number of imide groups is 1. The van der Waals surface area contributed by atoms with Crippen LogP contribution in [0.1, 0.15) is 25.3 Å². The van der Waals surface area contributed by atoms with Crippen LogP contribution < -0.4 is 20.7 Å². The van der Waals surface area contributed by atoms with Gasteiger partial charge in [-0.25, -0.2) is 9.59 Å². The quantitative estimate of drug-likeness (QED) is 0.614. The average molecular weight is 363 g/mol. The Balaban J connectivity index is 1.71. The highest BCUT2D eigenvalue weighted by Gasteiger charge is 2.16. The van der Waals surface area contributed by atoms with Crippen LogP contribution in [0.3, 0.4) is 0 Å². The highest BCUT2D eigenvalue weighted by Crippen LogP contribution is 2.26. The number of urea groups is 1. The van der Waals surface area contributed by atoms with Crippen molar-refractivity contribution in [2.45, 2.75) is 26.2 Å². The van der Waals surface area contributed by atoms with Gasteiger partial charge in [0.1, 0.15) is 5.75 Å². The molecule has 0 aliphatic carbocycles. The number of carbonyl (C=O) groups excluding carboxylic acids is 4. The molecule has 1 aromatic rings. The highest BCUT2D eigenvalue weighted by molar-refractivity contribution is 5.95. The molecular weight excluding hydrogens is 342 g/mol. The Bertz CT molecular complexity index is 704. The molecule has 1 aliphatic heterocycles. The number of fused-ring (bicyclic) bond motifs is 1. The molecule has 4 amide bonds. The maximum absolute atomic E-state index is 11.6. The molecule has 0 bridgehead atoms. The van der Waals surface area contributed by atoms with Crippen LogP contribution in [-0.4, -0.2) is 43.6 Å². The van der Waals surface area contributed by atoms with Crippen molar-refractivity contribution in [3.8, 4) is 5.75 Å². The van der Waals surface area contributed by atoms with Crippen molar-refractivity contribution in [3.05, 3.63) is 23.8 Å². The van der Waals surface area contributed by atoms with Gasteiger partial charge >= 0.3 is 12.0 Å². The number of ether oxygens (including phenoxy) is 2. The van der Waals surface area contributed by atoms with Crippen LogP contribution >= 0.6 is 0 Å². The Labute approximate surface area is 150 Å². The first-order valence-corrected chi connectivity index (χ1v) is 8.27. The van der Waals surface area contributed by atoms with Crippen LogP contribution in [0.2, 0.25) is 0 Å². The van der Waals surface area contributed by atoms with Gasteiger partial charge in [-0.3, -0.25) is 14.9 Å². The first-order chi connectivity index (χ1) is 12.5. The molecule has 1 aromatic carbocycles. The van der Waals surface area contributed by atoms with E-state index in [4.69, 9.17) is 9.47 Å². The van der Waals surface area contributed by atoms with Gasteiger partial charge < -0.3 is 20.1 Å². The van der Waals surface area contributed by atoms with E-state index in [1.165, 1.54) is 0 Å². The summed E-state index contributed by atoms with van der Waals surface area (Å²) in [6.45, 7) is 1.37. The lowest BCUT2D eigenvalue weighted by molar-refractivity contribution is -0.150. The molecule has 0 saturated heterocycles. The van der Waals surface area contributed by atoms with Gasteiger partial charge in [-0.1, -0.05) is 6.92 Å². The number of amides is 4. The summed E-state index contributed by atoms with van der Waals surface area (Å²) >= 11 is 0. The maximum Gasteiger partial charge on any atom is 0.344 e. The number of benzene rings is 1. The van der Waals surface area contributed by atoms with Crippen molar-refractivity contribution in [2.75, 3.05) is 25.1 Å². The minimum Gasteiger partial charge on any atom is -0.482 e. The summed E-state index contributed by atoms with van der Waals surface area (Å²) in [7, 11) is 0. The van der Waals surface area contributed by atoms with Crippen molar-refractivity contribution >= 4 is 29.5 Å². The molecule has 1 heterocycles. The summed E-state index contributed by atoms with van der Waals surface area (Å²) in [5.41, 5.74) is 1.65. The zero-order valence-corrected chi connectivity index (χ0v) is 14.4. The first-order valence-electron chi connectivity index (χ1n) is 8.27. The number of hydrogen-bond donors (Lipinski definition) is 3. The molecule has 2 rings (SSSR count). The van der Waals surface area contributed by atoms with Gasteiger partial charge in [0.15, 0.2) is 13.2 Å². The third kappa shape index (κ3) is 6.08. The van der Waals surface area contributed by atoms with Gasteiger partial charge in [0.05, 0.1) is 0 Å². The molecule has 0 spiro atoms.